The van der Waals surface area contributed by atoms with Crippen molar-refractivity contribution in [1.29, 1.82) is 0 Å². The van der Waals surface area contributed by atoms with Crippen molar-refractivity contribution >= 4 is 28.6 Å². The van der Waals surface area contributed by atoms with Crippen LogP contribution in [0.1, 0.15) is 29.6 Å². The lowest BCUT2D eigenvalue weighted by Gasteiger charge is -2.14. The molecule has 3 aromatic rings. The summed E-state index contributed by atoms with van der Waals surface area (Å²) in [5.74, 6) is -0.268. The third-order valence-electron chi connectivity index (χ3n) is 3.60. The van der Waals surface area contributed by atoms with Gasteiger partial charge in [-0.1, -0.05) is 36.3 Å². The van der Waals surface area contributed by atoms with Crippen LogP contribution in [0.2, 0.25) is 0 Å². The van der Waals surface area contributed by atoms with Gasteiger partial charge in [-0.05, 0) is 25.5 Å². The molecule has 3 rings (SSSR count). The van der Waals surface area contributed by atoms with Crippen LogP contribution in [0.25, 0.3) is 10.9 Å². The number of fused-ring (bicyclic) bond motifs is 1. The molecule has 1 aromatic carbocycles. The van der Waals surface area contributed by atoms with E-state index in [9.17, 15) is 9.59 Å². The first-order valence-corrected chi connectivity index (χ1v) is 7.88. The number of pyridine rings is 1. The molecule has 1 amide bonds. The van der Waals surface area contributed by atoms with Crippen molar-refractivity contribution in [3.8, 4) is 0 Å². The van der Waals surface area contributed by atoms with Crippen molar-refractivity contribution in [2.45, 2.75) is 26.4 Å². The van der Waals surface area contributed by atoms with Crippen LogP contribution in [0.4, 0.5) is 5.82 Å². The van der Waals surface area contributed by atoms with Gasteiger partial charge in [0.15, 0.2) is 11.9 Å². The highest BCUT2D eigenvalue weighted by molar-refractivity contribution is 5.97. The Kier molecular flexibility index (Phi) is 4.74. The summed E-state index contributed by atoms with van der Waals surface area (Å²) >= 11 is 0. The number of nitrogens with zero attached hydrogens (tertiary/aromatic N) is 2. The number of hydrogen-bond acceptors (Lipinski definition) is 6. The van der Waals surface area contributed by atoms with Crippen molar-refractivity contribution in [1.82, 2.24) is 10.1 Å². The van der Waals surface area contributed by atoms with E-state index in [1.807, 2.05) is 24.3 Å². The van der Waals surface area contributed by atoms with Gasteiger partial charge in [0.25, 0.3) is 5.91 Å². The first-order valence-electron chi connectivity index (χ1n) is 7.88. The number of esters is 1. The predicted octanol–water partition coefficient (Wildman–Crippen LogP) is 3.11. The van der Waals surface area contributed by atoms with Crippen LogP contribution in [0, 0.1) is 6.92 Å². The molecule has 128 valence electrons. The second kappa shape index (κ2) is 7.12. The number of amides is 1. The molecule has 1 atom stereocenters. The molecule has 2 aromatic heterocycles. The fraction of sp³-hybridized carbons (Fsp3) is 0.222. The molecule has 7 nitrogen and oxygen atoms in total. The number of ether oxygens (including phenoxy) is 1. The number of rotatable bonds is 5. The molecule has 0 aliphatic carbocycles. The predicted molar refractivity (Wildman–Crippen MR) is 91.1 cm³/mol. The van der Waals surface area contributed by atoms with E-state index in [1.165, 1.54) is 0 Å². The van der Waals surface area contributed by atoms with Crippen molar-refractivity contribution in [2.75, 3.05) is 5.32 Å². The highest BCUT2D eigenvalue weighted by atomic mass is 16.5. The van der Waals surface area contributed by atoms with Crippen molar-refractivity contribution in [3.63, 3.8) is 0 Å². The summed E-state index contributed by atoms with van der Waals surface area (Å²) < 4.78 is 10.2. The topological polar surface area (TPSA) is 94.3 Å². The molecule has 25 heavy (non-hydrogen) atoms. The lowest BCUT2D eigenvalue weighted by atomic mass is 10.2. The van der Waals surface area contributed by atoms with Gasteiger partial charge in [-0.2, -0.15) is 0 Å². The number of aromatic nitrogens is 2. The SMILES string of the molecule is CCC(OC(=O)c1ccc2ccccc2n1)C(=O)Nc1cc(C)on1. The average molecular weight is 339 g/mol. The third-order valence-corrected chi connectivity index (χ3v) is 3.60. The standard InChI is InChI=1S/C18H17N3O4/c1-3-15(17(22)20-16-10-11(2)25-21-16)24-18(23)14-9-8-12-6-4-5-7-13(12)19-14/h4-10,15H,3H2,1-2H3,(H,20,21,22). The molecular formula is C18H17N3O4. The molecule has 0 spiro atoms. The van der Waals surface area contributed by atoms with Crippen molar-refractivity contribution < 1.29 is 18.8 Å². The highest BCUT2D eigenvalue weighted by Gasteiger charge is 2.23. The van der Waals surface area contributed by atoms with Crippen LogP contribution in [-0.2, 0) is 9.53 Å². The van der Waals surface area contributed by atoms with E-state index in [-0.39, 0.29) is 11.5 Å². The number of aryl methyl sites for hydroxylation is 1. The van der Waals surface area contributed by atoms with Gasteiger partial charge in [-0.15, -0.1) is 0 Å². The zero-order valence-corrected chi connectivity index (χ0v) is 13.9. The minimum absolute atomic E-state index is 0.155. The first-order chi connectivity index (χ1) is 12.1. The molecule has 7 heteroatoms. The summed E-state index contributed by atoms with van der Waals surface area (Å²) in [6.45, 7) is 3.46. The van der Waals surface area contributed by atoms with Gasteiger partial charge in [0, 0.05) is 11.5 Å². The second-order valence-electron chi connectivity index (χ2n) is 5.50. The van der Waals surface area contributed by atoms with Gasteiger partial charge in [-0.3, -0.25) is 4.79 Å². The molecule has 0 bridgehead atoms. The van der Waals surface area contributed by atoms with E-state index in [1.54, 1.807) is 32.0 Å². The summed E-state index contributed by atoms with van der Waals surface area (Å²) in [7, 11) is 0. The minimum atomic E-state index is -0.947. The molecule has 2 heterocycles. The number of benzene rings is 1. The lowest BCUT2D eigenvalue weighted by molar-refractivity contribution is -0.124. The van der Waals surface area contributed by atoms with E-state index >= 15 is 0 Å². The number of para-hydroxylation sites is 1. The number of anilines is 1. The fourth-order valence-electron chi connectivity index (χ4n) is 2.32. The van der Waals surface area contributed by atoms with Crippen LogP contribution in [0.5, 0.6) is 0 Å². The minimum Gasteiger partial charge on any atom is -0.448 e. The molecule has 0 radical (unpaired) electrons. The molecular weight excluding hydrogens is 322 g/mol. The fourth-order valence-corrected chi connectivity index (χ4v) is 2.32. The van der Waals surface area contributed by atoms with Gasteiger partial charge in [-0.25, -0.2) is 9.78 Å². The Morgan fingerprint density at radius 1 is 1.24 bits per heavy atom. The van der Waals surface area contributed by atoms with Gasteiger partial charge in [0.1, 0.15) is 11.5 Å². The van der Waals surface area contributed by atoms with E-state index in [4.69, 9.17) is 9.26 Å². The lowest BCUT2D eigenvalue weighted by Crippen LogP contribution is -2.32. The molecule has 0 fully saturated rings. The Morgan fingerprint density at radius 3 is 2.76 bits per heavy atom. The van der Waals surface area contributed by atoms with Crippen molar-refractivity contribution in [2.24, 2.45) is 0 Å². The molecule has 1 N–H and O–H groups in total. The maximum atomic E-state index is 12.3. The molecule has 0 saturated carbocycles. The van der Waals surface area contributed by atoms with Crippen LogP contribution in [0.15, 0.2) is 47.0 Å². The molecule has 0 saturated heterocycles. The van der Waals surface area contributed by atoms with Crippen LogP contribution in [0.3, 0.4) is 0 Å². The largest absolute Gasteiger partial charge is 0.448 e. The molecule has 1 unspecified atom stereocenters. The number of hydrogen-bond donors (Lipinski definition) is 1. The molecule has 0 aliphatic heterocycles. The van der Waals surface area contributed by atoms with E-state index < -0.39 is 18.0 Å². The van der Waals surface area contributed by atoms with Crippen LogP contribution in [-0.4, -0.2) is 28.1 Å². The van der Waals surface area contributed by atoms with E-state index in [0.29, 0.717) is 17.7 Å². The highest BCUT2D eigenvalue weighted by Crippen LogP contribution is 2.14. The van der Waals surface area contributed by atoms with E-state index in [2.05, 4.69) is 15.5 Å². The van der Waals surface area contributed by atoms with Crippen LogP contribution < -0.4 is 5.32 Å². The van der Waals surface area contributed by atoms with Crippen molar-refractivity contribution in [3.05, 3.63) is 53.9 Å². The summed E-state index contributed by atoms with van der Waals surface area (Å²) in [6, 6.07) is 12.4. The Labute approximate surface area is 144 Å². The first kappa shape index (κ1) is 16.6. The normalized spacial score (nSPS) is 11.9. The Balaban J connectivity index is 1.71. The zero-order chi connectivity index (χ0) is 17.8. The summed E-state index contributed by atoms with van der Waals surface area (Å²) in [6.07, 6.45) is -0.625. The number of carbonyl (C=O) groups is 2. The Hall–Kier alpha value is -3.22. The summed E-state index contributed by atoms with van der Waals surface area (Å²) in [5, 5.41) is 7.16. The van der Waals surface area contributed by atoms with Gasteiger partial charge >= 0.3 is 5.97 Å². The third kappa shape index (κ3) is 3.82. The van der Waals surface area contributed by atoms with Crippen LogP contribution >= 0.6 is 0 Å². The Bertz CT molecular complexity index is 919. The van der Waals surface area contributed by atoms with Gasteiger partial charge in [0.05, 0.1) is 5.52 Å². The smallest absolute Gasteiger partial charge is 0.357 e. The second-order valence-corrected chi connectivity index (χ2v) is 5.50. The Morgan fingerprint density at radius 2 is 2.04 bits per heavy atom. The van der Waals surface area contributed by atoms with Gasteiger partial charge in [0.2, 0.25) is 0 Å². The summed E-state index contributed by atoms with van der Waals surface area (Å²) in [5.41, 5.74) is 0.842. The number of carbonyl (C=O) groups excluding carboxylic acids is 2. The van der Waals surface area contributed by atoms with E-state index in [0.717, 1.165) is 5.39 Å². The van der Waals surface area contributed by atoms with Gasteiger partial charge < -0.3 is 14.6 Å². The molecule has 0 aliphatic rings. The quantitative estimate of drug-likeness (QED) is 0.718. The zero-order valence-electron chi connectivity index (χ0n) is 13.9. The summed E-state index contributed by atoms with van der Waals surface area (Å²) in [4.78, 5) is 28.8. The maximum Gasteiger partial charge on any atom is 0.357 e. The number of nitrogens with one attached hydrogen (secondary N) is 1. The maximum absolute atomic E-state index is 12.3. The monoisotopic (exact) mass is 339 g/mol. The average Bonchev–Trinajstić information content (AvgIpc) is 3.03.